The van der Waals surface area contributed by atoms with Gasteiger partial charge in [-0.15, -0.1) is 0 Å². The highest BCUT2D eigenvalue weighted by Gasteiger charge is 2.29. The second-order valence-corrected chi connectivity index (χ2v) is 5.16. The molecule has 1 aliphatic heterocycles. The lowest BCUT2D eigenvalue weighted by Crippen LogP contribution is -2.29. The molecule has 21 heavy (non-hydrogen) atoms. The van der Waals surface area contributed by atoms with Crippen LogP contribution >= 0.6 is 0 Å². The first-order chi connectivity index (χ1) is 10.1. The summed E-state index contributed by atoms with van der Waals surface area (Å²) >= 11 is 0. The molecule has 0 aliphatic carbocycles. The number of hydrogen-bond acceptors (Lipinski definition) is 3. The maximum absolute atomic E-state index is 12.9. The van der Waals surface area contributed by atoms with Gasteiger partial charge in [0.1, 0.15) is 11.6 Å². The van der Waals surface area contributed by atoms with Crippen LogP contribution in [0.1, 0.15) is 28.4 Å². The summed E-state index contributed by atoms with van der Waals surface area (Å²) in [6.45, 7) is 1.16. The Bertz CT molecular complexity index is 658. The van der Waals surface area contributed by atoms with E-state index in [4.69, 9.17) is 0 Å². The minimum absolute atomic E-state index is 0.0808. The predicted molar refractivity (Wildman–Crippen MR) is 75.6 cm³/mol. The van der Waals surface area contributed by atoms with Gasteiger partial charge < -0.3 is 10.0 Å². The van der Waals surface area contributed by atoms with Crippen LogP contribution in [0.5, 0.6) is 5.75 Å². The van der Waals surface area contributed by atoms with E-state index >= 15 is 0 Å². The second kappa shape index (κ2) is 5.52. The van der Waals surface area contributed by atoms with Crippen LogP contribution in [0.15, 0.2) is 42.6 Å². The van der Waals surface area contributed by atoms with E-state index in [1.807, 2.05) is 0 Å². The van der Waals surface area contributed by atoms with Crippen LogP contribution in [0.25, 0.3) is 0 Å². The monoisotopic (exact) mass is 286 g/mol. The maximum Gasteiger partial charge on any atom is 0.276 e. The van der Waals surface area contributed by atoms with Gasteiger partial charge in [0.2, 0.25) is 0 Å². The molecular weight excluding hydrogens is 271 g/mol. The van der Waals surface area contributed by atoms with Gasteiger partial charge in [0.15, 0.2) is 5.69 Å². The first-order valence-electron chi connectivity index (χ1n) is 6.84. The molecule has 2 aromatic rings. The number of likely N-dealkylation sites (tertiary alicyclic amines) is 1. The van der Waals surface area contributed by atoms with E-state index in [1.54, 1.807) is 23.1 Å². The fraction of sp³-hybridized carbons (Fsp3) is 0.250. The Balaban J connectivity index is 1.74. The zero-order valence-electron chi connectivity index (χ0n) is 11.4. The molecule has 5 heteroatoms. The molecule has 1 aromatic carbocycles. The van der Waals surface area contributed by atoms with Gasteiger partial charge in [-0.25, -0.2) is 9.37 Å². The molecular formula is C16H15FN2O2. The van der Waals surface area contributed by atoms with Crippen molar-refractivity contribution in [2.75, 3.05) is 13.1 Å². The highest BCUT2D eigenvalue weighted by Crippen LogP contribution is 2.29. The number of aromatic hydroxyl groups is 1. The summed E-state index contributed by atoms with van der Waals surface area (Å²) in [4.78, 5) is 18.0. The van der Waals surface area contributed by atoms with Crippen LogP contribution in [0.4, 0.5) is 4.39 Å². The number of amides is 1. The molecule has 0 saturated carbocycles. The van der Waals surface area contributed by atoms with Gasteiger partial charge in [-0.05, 0) is 36.2 Å². The van der Waals surface area contributed by atoms with E-state index in [2.05, 4.69) is 4.98 Å². The van der Waals surface area contributed by atoms with Crippen molar-refractivity contribution in [1.82, 2.24) is 9.88 Å². The molecule has 1 fully saturated rings. The highest BCUT2D eigenvalue weighted by molar-refractivity contribution is 5.95. The van der Waals surface area contributed by atoms with Crippen LogP contribution < -0.4 is 0 Å². The van der Waals surface area contributed by atoms with Crippen molar-refractivity contribution in [3.8, 4) is 5.75 Å². The Labute approximate surface area is 121 Å². The van der Waals surface area contributed by atoms with Crippen LogP contribution in [0.2, 0.25) is 0 Å². The van der Waals surface area contributed by atoms with Crippen molar-refractivity contribution in [3.05, 3.63) is 59.7 Å². The summed E-state index contributed by atoms with van der Waals surface area (Å²) in [5.74, 6) is -0.436. The lowest BCUT2D eigenvalue weighted by molar-refractivity contribution is 0.0781. The van der Waals surface area contributed by atoms with Gasteiger partial charge >= 0.3 is 0 Å². The highest BCUT2D eigenvalue weighted by atomic mass is 19.1. The summed E-state index contributed by atoms with van der Waals surface area (Å²) < 4.78 is 12.9. The molecule has 1 aliphatic rings. The molecule has 0 unspecified atom stereocenters. The number of benzene rings is 1. The molecule has 1 aromatic heterocycles. The van der Waals surface area contributed by atoms with Crippen molar-refractivity contribution < 1.29 is 14.3 Å². The Morgan fingerprint density at radius 3 is 2.76 bits per heavy atom. The van der Waals surface area contributed by atoms with Crippen molar-refractivity contribution in [3.63, 3.8) is 0 Å². The summed E-state index contributed by atoms with van der Waals surface area (Å²) in [5, 5.41) is 9.70. The van der Waals surface area contributed by atoms with E-state index in [1.165, 1.54) is 24.4 Å². The smallest absolute Gasteiger partial charge is 0.276 e. The summed E-state index contributed by atoms with van der Waals surface area (Å²) in [6.07, 6.45) is 2.31. The summed E-state index contributed by atoms with van der Waals surface area (Å²) in [6, 6.07) is 9.42. The molecule has 108 valence electrons. The zero-order valence-corrected chi connectivity index (χ0v) is 11.4. The van der Waals surface area contributed by atoms with Crippen LogP contribution in [0.3, 0.4) is 0 Å². The zero-order chi connectivity index (χ0) is 14.8. The summed E-state index contributed by atoms with van der Waals surface area (Å²) in [7, 11) is 0. The van der Waals surface area contributed by atoms with E-state index in [0.29, 0.717) is 13.1 Å². The largest absolute Gasteiger partial charge is 0.505 e. The average molecular weight is 286 g/mol. The lowest BCUT2D eigenvalue weighted by Gasteiger charge is -2.16. The number of aromatic nitrogens is 1. The van der Waals surface area contributed by atoms with E-state index < -0.39 is 0 Å². The molecule has 1 atom stereocenters. The maximum atomic E-state index is 12.9. The standard InChI is InChI=1S/C16H15FN2O2/c17-13-5-3-11(4-6-13)12-7-9-19(10-12)16(21)15-14(20)2-1-8-18-15/h1-6,8,12,20H,7,9-10H2/t12-/m1/s1. The molecule has 0 spiro atoms. The third-order valence-corrected chi connectivity index (χ3v) is 3.81. The van der Waals surface area contributed by atoms with Crippen LogP contribution in [-0.4, -0.2) is 34.0 Å². The van der Waals surface area contributed by atoms with Crippen LogP contribution in [0, 0.1) is 5.82 Å². The quantitative estimate of drug-likeness (QED) is 0.923. The predicted octanol–water partition coefficient (Wildman–Crippen LogP) is 2.56. The summed E-state index contributed by atoms with van der Waals surface area (Å²) in [5.41, 5.74) is 1.11. The number of rotatable bonds is 2. The fourth-order valence-corrected chi connectivity index (χ4v) is 2.66. The normalized spacial score (nSPS) is 18.0. The molecule has 1 amide bonds. The number of halogens is 1. The third-order valence-electron chi connectivity index (χ3n) is 3.81. The number of carbonyl (C=O) groups excluding carboxylic acids is 1. The van der Waals surface area contributed by atoms with Crippen molar-refractivity contribution in [1.29, 1.82) is 0 Å². The van der Waals surface area contributed by atoms with Gasteiger partial charge in [0.25, 0.3) is 5.91 Å². The molecule has 3 rings (SSSR count). The van der Waals surface area contributed by atoms with E-state index in [-0.39, 0.29) is 29.1 Å². The van der Waals surface area contributed by atoms with Gasteiger partial charge in [0, 0.05) is 25.2 Å². The second-order valence-electron chi connectivity index (χ2n) is 5.16. The lowest BCUT2D eigenvalue weighted by atomic mass is 9.99. The van der Waals surface area contributed by atoms with Gasteiger partial charge in [-0.2, -0.15) is 0 Å². The van der Waals surface area contributed by atoms with E-state index in [0.717, 1.165) is 12.0 Å². The minimum Gasteiger partial charge on any atom is -0.505 e. The number of hydrogen-bond donors (Lipinski definition) is 1. The number of nitrogens with zero attached hydrogens (tertiary/aromatic N) is 2. The van der Waals surface area contributed by atoms with Gasteiger partial charge in [0.05, 0.1) is 0 Å². The van der Waals surface area contributed by atoms with Crippen LogP contribution in [-0.2, 0) is 0 Å². The molecule has 4 nitrogen and oxygen atoms in total. The molecule has 1 saturated heterocycles. The average Bonchev–Trinajstić information content (AvgIpc) is 2.98. The van der Waals surface area contributed by atoms with Gasteiger partial charge in [-0.1, -0.05) is 12.1 Å². The number of pyridine rings is 1. The first kappa shape index (κ1) is 13.5. The topological polar surface area (TPSA) is 53.4 Å². The number of carbonyl (C=O) groups is 1. The molecule has 2 heterocycles. The van der Waals surface area contributed by atoms with Gasteiger partial charge in [-0.3, -0.25) is 4.79 Å². The Kier molecular flexibility index (Phi) is 3.56. The molecule has 0 bridgehead atoms. The van der Waals surface area contributed by atoms with Crippen molar-refractivity contribution >= 4 is 5.91 Å². The van der Waals surface area contributed by atoms with E-state index in [9.17, 15) is 14.3 Å². The Morgan fingerprint density at radius 1 is 1.29 bits per heavy atom. The fourth-order valence-electron chi connectivity index (χ4n) is 2.66. The molecule has 1 N–H and O–H groups in total. The SMILES string of the molecule is O=C(c1ncccc1O)N1CC[C@@H](c2ccc(F)cc2)C1. The molecule has 0 radical (unpaired) electrons. The third kappa shape index (κ3) is 2.72. The first-order valence-corrected chi connectivity index (χ1v) is 6.84. The Morgan fingerprint density at radius 2 is 2.05 bits per heavy atom. The minimum atomic E-state index is -0.266. The van der Waals surface area contributed by atoms with Crippen molar-refractivity contribution in [2.24, 2.45) is 0 Å². The van der Waals surface area contributed by atoms with Crippen molar-refractivity contribution in [2.45, 2.75) is 12.3 Å². The Hall–Kier alpha value is -2.43.